The summed E-state index contributed by atoms with van der Waals surface area (Å²) in [5.74, 6) is -0.289. The number of hydrogen-bond acceptors (Lipinski definition) is 3. The van der Waals surface area contributed by atoms with Gasteiger partial charge in [-0.3, -0.25) is 4.79 Å². The predicted octanol–water partition coefficient (Wildman–Crippen LogP) is 2.35. The third-order valence-corrected chi connectivity index (χ3v) is 2.77. The van der Waals surface area contributed by atoms with Crippen molar-refractivity contribution < 1.29 is 4.79 Å². The predicted molar refractivity (Wildman–Crippen MR) is 60.9 cm³/mol. The molecule has 2 aromatic rings. The van der Waals surface area contributed by atoms with Crippen molar-refractivity contribution in [2.45, 2.75) is 0 Å². The van der Waals surface area contributed by atoms with Gasteiger partial charge in [0.2, 0.25) is 5.78 Å². The van der Waals surface area contributed by atoms with Crippen LogP contribution in [0.3, 0.4) is 0 Å². The first-order valence-electron chi connectivity index (χ1n) is 4.44. The van der Waals surface area contributed by atoms with Gasteiger partial charge in [-0.1, -0.05) is 34.5 Å². The lowest BCUT2D eigenvalue weighted by atomic mass is 10.1. The number of benzene rings is 1. The zero-order valence-electron chi connectivity index (χ0n) is 8.32. The summed E-state index contributed by atoms with van der Waals surface area (Å²) in [5.41, 5.74) is 0.617. The Bertz CT molecular complexity index is 530. The van der Waals surface area contributed by atoms with Crippen LogP contribution >= 0.6 is 23.2 Å². The largest absolute Gasteiger partial charge is 0.287 e. The molecule has 1 heterocycles. The Morgan fingerprint density at radius 3 is 2.44 bits per heavy atom. The lowest BCUT2D eigenvalue weighted by Gasteiger charge is -2.04. The van der Waals surface area contributed by atoms with E-state index in [9.17, 15) is 4.79 Å². The lowest BCUT2D eigenvalue weighted by molar-refractivity contribution is 0.103. The average Bonchev–Trinajstić information content (AvgIpc) is 2.64. The Morgan fingerprint density at radius 2 is 1.94 bits per heavy atom. The van der Waals surface area contributed by atoms with Crippen molar-refractivity contribution in [1.29, 1.82) is 0 Å². The minimum absolute atomic E-state index is 0.274. The van der Waals surface area contributed by atoms with Gasteiger partial charge in [0.25, 0.3) is 0 Å². The topological polar surface area (TPSA) is 47.8 Å². The first-order valence-corrected chi connectivity index (χ1v) is 5.20. The van der Waals surface area contributed by atoms with Gasteiger partial charge in [-0.05, 0) is 12.1 Å². The van der Waals surface area contributed by atoms with Gasteiger partial charge < -0.3 is 0 Å². The van der Waals surface area contributed by atoms with E-state index >= 15 is 0 Å². The Balaban J connectivity index is 2.54. The molecule has 82 valence electrons. The Morgan fingerprint density at radius 1 is 1.31 bits per heavy atom. The molecule has 0 bridgehead atoms. The molecule has 2 rings (SSSR count). The van der Waals surface area contributed by atoms with Crippen LogP contribution in [-0.2, 0) is 7.05 Å². The fourth-order valence-electron chi connectivity index (χ4n) is 1.34. The maximum atomic E-state index is 12.1. The number of carbonyl (C=O) groups excluding carboxylic acids is 1. The Kier molecular flexibility index (Phi) is 2.94. The number of nitrogens with zero attached hydrogens (tertiary/aromatic N) is 3. The number of aryl methyl sites for hydroxylation is 1. The van der Waals surface area contributed by atoms with E-state index in [2.05, 4.69) is 10.3 Å². The zero-order valence-corrected chi connectivity index (χ0v) is 9.83. The third kappa shape index (κ3) is 1.81. The molecule has 0 spiro atoms. The SMILES string of the molecule is Cn1nncc1C(=O)c1c(Cl)cccc1Cl. The molecule has 0 N–H and O–H groups in total. The lowest BCUT2D eigenvalue weighted by Crippen LogP contribution is -2.09. The Hall–Kier alpha value is -1.39. The number of carbonyl (C=O) groups is 1. The van der Waals surface area contributed by atoms with Crippen LogP contribution in [0.1, 0.15) is 16.1 Å². The van der Waals surface area contributed by atoms with Crippen LogP contribution in [0, 0.1) is 0 Å². The summed E-state index contributed by atoms with van der Waals surface area (Å²) in [6, 6.07) is 4.91. The maximum Gasteiger partial charge on any atom is 0.215 e. The minimum Gasteiger partial charge on any atom is -0.287 e. The molecule has 6 heteroatoms. The van der Waals surface area contributed by atoms with E-state index in [-0.39, 0.29) is 11.3 Å². The molecule has 16 heavy (non-hydrogen) atoms. The van der Waals surface area contributed by atoms with Crippen molar-refractivity contribution in [3.8, 4) is 0 Å². The normalized spacial score (nSPS) is 10.4. The molecule has 0 saturated heterocycles. The summed E-state index contributed by atoms with van der Waals surface area (Å²) in [5, 5.41) is 7.95. The van der Waals surface area contributed by atoms with E-state index in [0.717, 1.165) is 0 Å². The molecule has 0 aliphatic rings. The molecule has 1 aromatic carbocycles. The van der Waals surface area contributed by atoms with Crippen molar-refractivity contribution in [2.24, 2.45) is 7.05 Å². The molecule has 4 nitrogen and oxygen atoms in total. The number of halogens is 2. The second-order valence-corrected chi connectivity index (χ2v) is 3.98. The van der Waals surface area contributed by atoms with Crippen molar-refractivity contribution in [1.82, 2.24) is 15.0 Å². The van der Waals surface area contributed by atoms with Crippen LogP contribution in [0.5, 0.6) is 0 Å². The van der Waals surface area contributed by atoms with Gasteiger partial charge >= 0.3 is 0 Å². The van der Waals surface area contributed by atoms with Crippen LogP contribution in [0.15, 0.2) is 24.4 Å². The molecule has 0 aliphatic heterocycles. The standard InChI is InChI=1S/C10H7Cl2N3O/c1-15-8(5-13-14-15)10(16)9-6(11)3-2-4-7(9)12/h2-5H,1H3. The monoisotopic (exact) mass is 255 g/mol. The number of rotatable bonds is 2. The molecule has 0 aliphatic carbocycles. The quantitative estimate of drug-likeness (QED) is 0.775. The molecule has 0 amide bonds. The molecule has 0 fully saturated rings. The highest BCUT2D eigenvalue weighted by molar-refractivity contribution is 6.40. The van der Waals surface area contributed by atoms with E-state index in [4.69, 9.17) is 23.2 Å². The van der Waals surface area contributed by atoms with Crippen LogP contribution in [-0.4, -0.2) is 20.8 Å². The van der Waals surface area contributed by atoms with Crippen molar-refractivity contribution >= 4 is 29.0 Å². The highest BCUT2D eigenvalue weighted by Crippen LogP contribution is 2.26. The zero-order chi connectivity index (χ0) is 11.7. The van der Waals surface area contributed by atoms with Gasteiger partial charge in [-0.25, -0.2) is 4.68 Å². The van der Waals surface area contributed by atoms with E-state index in [1.165, 1.54) is 10.9 Å². The number of hydrogen-bond donors (Lipinski definition) is 0. The van der Waals surface area contributed by atoms with Crippen LogP contribution in [0.2, 0.25) is 10.0 Å². The maximum absolute atomic E-state index is 12.1. The summed E-state index contributed by atoms with van der Waals surface area (Å²) in [4.78, 5) is 12.1. The van der Waals surface area contributed by atoms with Gasteiger partial charge in [0, 0.05) is 7.05 Å². The van der Waals surface area contributed by atoms with Crippen molar-refractivity contribution in [3.63, 3.8) is 0 Å². The summed E-state index contributed by atoms with van der Waals surface area (Å²) < 4.78 is 1.38. The van der Waals surface area contributed by atoms with E-state index < -0.39 is 0 Å². The summed E-state index contributed by atoms with van der Waals surface area (Å²) in [7, 11) is 1.63. The first-order chi connectivity index (χ1) is 7.61. The summed E-state index contributed by atoms with van der Waals surface area (Å²) in [6.45, 7) is 0. The van der Waals surface area contributed by atoms with Gasteiger partial charge in [-0.2, -0.15) is 0 Å². The second-order valence-electron chi connectivity index (χ2n) is 3.17. The van der Waals surface area contributed by atoms with Crippen molar-refractivity contribution in [2.75, 3.05) is 0 Å². The van der Waals surface area contributed by atoms with Crippen LogP contribution < -0.4 is 0 Å². The minimum atomic E-state index is -0.289. The second kappa shape index (κ2) is 4.23. The number of ketones is 1. The highest BCUT2D eigenvalue weighted by Gasteiger charge is 2.19. The first kappa shape index (κ1) is 11.1. The molecule has 1 aromatic heterocycles. The molecule has 0 unspecified atom stereocenters. The molecule has 0 saturated carbocycles. The molecule has 0 radical (unpaired) electrons. The third-order valence-electron chi connectivity index (χ3n) is 2.14. The van der Waals surface area contributed by atoms with Gasteiger partial charge in [0.15, 0.2) is 0 Å². The van der Waals surface area contributed by atoms with Crippen LogP contribution in [0.25, 0.3) is 0 Å². The fourth-order valence-corrected chi connectivity index (χ4v) is 1.91. The molecular weight excluding hydrogens is 249 g/mol. The van der Waals surface area contributed by atoms with Gasteiger partial charge in [0.05, 0.1) is 21.8 Å². The van der Waals surface area contributed by atoms with Gasteiger partial charge in [-0.15, -0.1) is 5.10 Å². The smallest absolute Gasteiger partial charge is 0.215 e. The Labute approximate surface area is 102 Å². The summed E-state index contributed by atoms with van der Waals surface area (Å²) >= 11 is 11.9. The fraction of sp³-hybridized carbons (Fsp3) is 0.100. The number of aromatic nitrogens is 3. The van der Waals surface area contributed by atoms with Crippen molar-refractivity contribution in [3.05, 3.63) is 45.7 Å². The molecule has 0 atom stereocenters. The van der Waals surface area contributed by atoms with E-state index in [1.54, 1.807) is 25.2 Å². The average molecular weight is 256 g/mol. The van der Waals surface area contributed by atoms with E-state index in [1.807, 2.05) is 0 Å². The van der Waals surface area contributed by atoms with Gasteiger partial charge in [0.1, 0.15) is 5.69 Å². The van der Waals surface area contributed by atoms with E-state index in [0.29, 0.717) is 15.7 Å². The highest BCUT2D eigenvalue weighted by atomic mass is 35.5. The summed E-state index contributed by atoms with van der Waals surface area (Å²) in [6.07, 6.45) is 1.38. The van der Waals surface area contributed by atoms with Crippen LogP contribution in [0.4, 0.5) is 0 Å². The molecular formula is C10H7Cl2N3O.